The minimum atomic E-state index is -0.592. The molecule has 0 radical (unpaired) electrons. The number of rotatable bonds is 4. The highest BCUT2D eigenvalue weighted by molar-refractivity contribution is 6.11. The van der Waals surface area contributed by atoms with Gasteiger partial charge in [0.25, 0.3) is 0 Å². The van der Waals surface area contributed by atoms with Gasteiger partial charge in [0.2, 0.25) is 0 Å². The fourth-order valence-corrected chi connectivity index (χ4v) is 10.4. The molecule has 0 N–H and O–H groups in total. The van der Waals surface area contributed by atoms with Crippen LogP contribution in [0.4, 0.5) is 0 Å². The summed E-state index contributed by atoms with van der Waals surface area (Å²) in [5.74, 6) is 0.0155. The van der Waals surface area contributed by atoms with E-state index >= 15 is 0 Å². The lowest BCUT2D eigenvalue weighted by molar-refractivity contribution is 0.103. The lowest BCUT2D eigenvalue weighted by Crippen LogP contribution is -2.27. The second-order valence-corrected chi connectivity index (χ2v) is 14.3. The topological polar surface area (TPSA) is 17.1 Å². The van der Waals surface area contributed by atoms with Crippen molar-refractivity contribution in [1.29, 1.82) is 0 Å². The van der Waals surface area contributed by atoms with Crippen LogP contribution in [0, 0.1) is 0 Å². The maximum absolute atomic E-state index is 15.0. The molecule has 0 bridgehead atoms. The molecule has 1 atom stereocenters. The van der Waals surface area contributed by atoms with E-state index in [0.29, 0.717) is 11.1 Å². The summed E-state index contributed by atoms with van der Waals surface area (Å²) in [4.78, 5) is 15.0. The zero-order chi connectivity index (χ0) is 34.8. The van der Waals surface area contributed by atoms with Crippen molar-refractivity contribution in [3.63, 3.8) is 0 Å². The average Bonchev–Trinajstić information content (AvgIpc) is 3.88. The van der Waals surface area contributed by atoms with Crippen molar-refractivity contribution < 1.29 is 4.79 Å². The minimum Gasteiger partial charge on any atom is -0.289 e. The van der Waals surface area contributed by atoms with Gasteiger partial charge < -0.3 is 0 Å². The molecule has 0 saturated heterocycles. The maximum atomic E-state index is 15.0. The van der Waals surface area contributed by atoms with Gasteiger partial charge in [-0.3, -0.25) is 4.79 Å². The van der Waals surface area contributed by atoms with Crippen LogP contribution < -0.4 is 0 Å². The van der Waals surface area contributed by atoms with E-state index in [9.17, 15) is 4.79 Å². The molecule has 1 nitrogen and oxygen atoms in total. The van der Waals surface area contributed by atoms with E-state index in [2.05, 4.69) is 159 Å². The third kappa shape index (κ3) is 3.28. The van der Waals surface area contributed by atoms with E-state index in [1.165, 1.54) is 61.2 Å². The molecule has 4 aliphatic rings. The van der Waals surface area contributed by atoms with Crippen LogP contribution in [0.25, 0.3) is 39.0 Å². The molecule has 0 aliphatic heterocycles. The SMILES string of the molecule is C=CC1=C(C=C)C2(c3ccccc31)c1ccccc1-c1ccc(C(=O)c3ccc4c(c3)C3(c5ccccc5-c5ccccc53)c3ccccc3-4)cc12. The summed E-state index contributed by atoms with van der Waals surface area (Å²) in [5.41, 5.74) is 19.4. The van der Waals surface area contributed by atoms with Crippen molar-refractivity contribution in [1.82, 2.24) is 0 Å². The van der Waals surface area contributed by atoms with Gasteiger partial charge in [-0.15, -0.1) is 0 Å². The number of carbonyl (C=O) groups is 1. The summed E-state index contributed by atoms with van der Waals surface area (Å²) < 4.78 is 0. The van der Waals surface area contributed by atoms with Crippen LogP contribution in [0.1, 0.15) is 60.4 Å². The molecule has 0 saturated carbocycles. The molecule has 0 aromatic heterocycles. The highest BCUT2D eigenvalue weighted by Gasteiger charge is 2.53. The van der Waals surface area contributed by atoms with Crippen LogP contribution in [-0.2, 0) is 10.8 Å². The summed E-state index contributed by atoms with van der Waals surface area (Å²) in [6.45, 7) is 8.57. The van der Waals surface area contributed by atoms with Crippen molar-refractivity contribution in [3.8, 4) is 33.4 Å². The summed E-state index contributed by atoms with van der Waals surface area (Å²) in [6, 6.07) is 56.3. The zero-order valence-electron chi connectivity index (χ0n) is 28.5. The Hall–Kier alpha value is -6.57. The number of benzene rings is 7. The maximum Gasteiger partial charge on any atom is 0.193 e. The average molecular weight is 661 g/mol. The monoisotopic (exact) mass is 660 g/mol. The van der Waals surface area contributed by atoms with Gasteiger partial charge in [0.15, 0.2) is 5.78 Å². The molecule has 0 heterocycles. The molecule has 7 aromatic carbocycles. The molecule has 4 aliphatic carbocycles. The van der Waals surface area contributed by atoms with Crippen LogP contribution >= 0.6 is 0 Å². The van der Waals surface area contributed by atoms with Gasteiger partial charge in [0.1, 0.15) is 0 Å². The Morgan fingerprint density at radius 2 is 0.731 bits per heavy atom. The van der Waals surface area contributed by atoms with Crippen LogP contribution in [0.5, 0.6) is 0 Å². The fraction of sp³-hybridized carbons (Fsp3) is 0.0392. The Balaban J connectivity index is 1.13. The van der Waals surface area contributed by atoms with Gasteiger partial charge in [0.05, 0.1) is 10.8 Å². The van der Waals surface area contributed by atoms with Gasteiger partial charge in [0, 0.05) is 11.1 Å². The Bertz CT molecular complexity index is 2740. The van der Waals surface area contributed by atoms with Crippen molar-refractivity contribution in [2.75, 3.05) is 0 Å². The van der Waals surface area contributed by atoms with Gasteiger partial charge in [-0.2, -0.15) is 0 Å². The second-order valence-electron chi connectivity index (χ2n) is 14.3. The largest absolute Gasteiger partial charge is 0.289 e. The Morgan fingerprint density at radius 1 is 0.385 bits per heavy atom. The smallest absolute Gasteiger partial charge is 0.193 e. The summed E-state index contributed by atoms with van der Waals surface area (Å²) in [6.07, 6.45) is 3.95. The van der Waals surface area contributed by atoms with Crippen molar-refractivity contribution in [3.05, 3.63) is 244 Å². The number of carbonyl (C=O) groups excluding carboxylic acids is 1. The standard InChI is InChI=1S/C51H32O/c1-3-33-34-15-5-10-20-42(34)50(41(33)4-2)43-21-11-8-18-37(43)39-27-25-31(29-47(39)50)49(52)32-26-28-40-38-19-9-14-24-46(38)51(48(40)30-32)44-22-12-6-16-35(44)36-17-7-13-23-45(36)51/h3-30H,1-2H2. The number of fused-ring (bicyclic) bond motifs is 17. The molecule has 1 heteroatoms. The summed E-state index contributed by atoms with van der Waals surface area (Å²) in [5, 5.41) is 0. The number of ketones is 1. The quantitative estimate of drug-likeness (QED) is 0.172. The normalized spacial score (nSPS) is 17.2. The molecule has 242 valence electrons. The van der Waals surface area contributed by atoms with E-state index in [1.54, 1.807) is 0 Å². The molecule has 0 fully saturated rings. The second kappa shape index (κ2) is 10.2. The van der Waals surface area contributed by atoms with Crippen LogP contribution in [0.2, 0.25) is 0 Å². The molecule has 2 spiro atoms. The first-order valence-electron chi connectivity index (χ1n) is 18.0. The highest BCUT2D eigenvalue weighted by Crippen LogP contribution is 2.64. The lowest BCUT2D eigenvalue weighted by Gasteiger charge is -2.31. The lowest BCUT2D eigenvalue weighted by atomic mass is 9.69. The van der Waals surface area contributed by atoms with E-state index < -0.39 is 10.8 Å². The van der Waals surface area contributed by atoms with Gasteiger partial charge in [-0.1, -0.05) is 171 Å². The molecule has 1 unspecified atom stereocenters. The Labute approximate surface area is 303 Å². The van der Waals surface area contributed by atoms with Crippen molar-refractivity contribution in [2.24, 2.45) is 0 Å². The Kier molecular flexibility index (Phi) is 5.75. The van der Waals surface area contributed by atoms with Crippen LogP contribution in [0.3, 0.4) is 0 Å². The van der Waals surface area contributed by atoms with Gasteiger partial charge >= 0.3 is 0 Å². The highest BCUT2D eigenvalue weighted by atomic mass is 16.1. The van der Waals surface area contributed by atoms with Crippen LogP contribution in [-0.4, -0.2) is 5.78 Å². The van der Waals surface area contributed by atoms with Crippen LogP contribution in [0.15, 0.2) is 189 Å². The predicted molar refractivity (Wildman–Crippen MR) is 212 cm³/mol. The fourth-order valence-electron chi connectivity index (χ4n) is 10.4. The first-order valence-corrected chi connectivity index (χ1v) is 18.0. The first kappa shape index (κ1) is 29.2. The molecule has 7 aromatic rings. The third-order valence-corrected chi connectivity index (χ3v) is 12.3. The number of allylic oxidation sites excluding steroid dienone is 4. The molecule has 11 rings (SSSR count). The van der Waals surface area contributed by atoms with E-state index in [4.69, 9.17) is 0 Å². The molecular formula is C51H32O. The van der Waals surface area contributed by atoms with Gasteiger partial charge in [-0.05, 0) is 101 Å². The minimum absolute atomic E-state index is 0.0155. The van der Waals surface area contributed by atoms with E-state index in [0.717, 1.165) is 27.8 Å². The summed E-state index contributed by atoms with van der Waals surface area (Å²) in [7, 11) is 0. The number of hydrogen-bond donors (Lipinski definition) is 0. The molecule has 52 heavy (non-hydrogen) atoms. The predicted octanol–water partition coefficient (Wildman–Crippen LogP) is 11.7. The first-order chi connectivity index (χ1) is 25.6. The van der Waals surface area contributed by atoms with Crippen molar-refractivity contribution in [2.45, 2.75) is 10.8 Å². The molecular weight excluding hydrogens is 629 g/mol. The zero-order valence-corrected chi connectivity index (χ0v) is 28.5. The number of hydrogen-bond acceptors (Lipinski definition) is 1. The third-order valence-electron chi connectivity index (χ3n) is 12.3. The Morgan fingerprint density at radius 3 is 1.15 bits per heavy atom. The molecule has 0 amide bonds. The van der Waals surface area contributed by atoms with E-state index in [-0.39, 0.29) is 5.78 Å². The van der Waals surface area contributed by atoms with Crippen molar-refractivity contribution >= 4 is 11.4 Å². The summed E-state index contributed by atoms with van der Waals surface area (Å²) >= 11 is 0. The van der Waals surface area contributed by atoms with E-state index in [1.807, 2.05) is 24.3 Å². The van der Waals surface area contributed by atoms with Gasteiger partial charge in [-0.25, -0.2) is 0 Å².